The zero-order valence-corrected chi connectivity index (χ0v) is 17.5. The van der Waals surface area contributed by atoms with Crippen molar-refractivity contribution < 1.29 is 9.21 Å². The maximum absolute atomic E-state index is 12.7. The Morgan fingerprint density at radius 3 is 2.30 bits per heavy atom. The summed E-state index contributed by atoms with van der Waals surface area (Å²) in [5, 5.41) is 8.50. The van der Waals surface area contributed by atoms with E-state index in [0.29, 0.717) is 11.1 Å². The second kappa shape index (κ2) is 8.46. The number of likely N-dealkylation sites (tertiary alicyclic amines) is 1. The number of benzene rings is 1. The number of hydrogen-bond donors (Lipinski definition) is 0. The van der Waals surface area contributed by atoms with Crippen molar-refractivity contribution in [2.24, 2.45) is 0 Å². The molecule has 0 radical (unpaired) electrons. The van der Waals surface area contributed by atoms with Gasteiger partial charge in [-0.05, 0) is 42.9 Å². The quantitative estimate of drug-likeness (QED) is 0.697. The van der Waals surface area contributed by atoms with Crippen molar-refractivity contribution in [1.29, 1.82) is 0 Å². The summed E-state index contributed by atoms with van der Waals surface area (Å²) in [4.78, 5) is 14.7. The van der Waals surface area contributed by atoms with E-state index >= 15 is 0 Å². The van der Waals surface area contributed by atoms with Gasteiger partial charge in [-0.2, -0.15) is 0 Å². The van der Waals surface area contributed by atoms with Gasteiger partial charge in [0, 0.05) is 18.7 Å². The van der Waals surface area contributed by atoms with E-state index in [-0.39, 0.29) is 16.6 Å². The number of nitrogens with zero attached hydrogens (tertiary/aromatic N) is 3. The lowest BCUT2D eigenvalue weighted by Crippen LogP contribution is -2.37. The summed E-state index contributed by atoms with van der Waals surface area (Å²) in [6.45, 7) is 10.2. The maximum atomic E-state index is 12.7. The molecule has 0 N–H and O–H groups in total. The Labute approximate surface area is 165 Å². The monoisotopic (exact) mass is 387 g/mol. The Kier molecular flexibility index (Phi) is 6.25. The molecule has 1 amide bonds. The first-order valence-corrected chi connectivity index (χ1v) is 10.6. The largest absolute Gasteiger partial charge is 0.411 e. The van der Waals surface area contributed by atoms with Crippen molar-refractivity contribution in [3.8, 4) is 11.5 Å². The van der Waals surface area contributed by atoms with Crippen LogP contribution in [0.5, 0.6) is 0 Å². The molecule has 1 aliphatic heterocycles. The van der Waals surface area contributed by atoms with Crippen molar-refractivity contribution in [1.82, 2.24) is 15.1 Å². The van der Waals surface area contributed by atoms with E-state index in [4.69, 9.17) is 4.42 Å². The molecule has 0 aliphatic carbocycles. The molecule has 1 aromatic carbocycles. The molecular formula is C21H29N3O2S. The van der Waals surface area contributed by atoms with E-state index in [1.807, 2.05) is 24.0 Å². The van der Waals surface area contributed by atoms with Gasteiger partial charge in [0.15, 0.2) is 0 Å². The predicted octanol–water partition coefficient (Wildman–Crippen LogP) is 4.92. The van der Waals surface area contributed by atoms with E-state index in [1.54, 1.807) is 0 Å². The molecular weight excluding hydrogens is 358 g/mol. The molecule has 0 saturated carbocycles. The second-order valence-electron chi connectivity index (χ2n) is 8.20. The molecule has 146 valence electrons. The van der Waals surface area contributed by atoms with Crippen LogP contribution in [-0.2, 0) is 10.2 Å². The Morgan fingerprint density at radius 1 is 1.07 bits per heavy atom. The topological polar surface area (TPSA) is 59.2 Å². The van der Waals surface area contributed by atoms with Crippen molar-refractivity contribution in [3.63, 3.8) is 0 Å². The summed E-state index contributed by atoms with van der Waals surface area (Å²) in [6.07, 6.45) is 4.62. The molecule has 2 aromatic rings. The zero-order valence-electron chi connectivity index (χ0n) is 16.7. The summed E-state index contributed by atoms with van der Waals surface area (Å²) in [5.41, 5.74) is 2.27. The molecule has 1 saturated heterocycles. The Bertz CT molecular complexity index is 756. The van der Waals surface area contributed by atoms with Gasteiger partial charge in [-0.3, -0.25) is 4.79 Å². The summed E-state index contributed by atoms with van der Waals surface area (Å²) in [7, 11) is 0. The molecule has 1 aromatic heterocycles. The molecule has 3 rings (SSSR count). The maximum Gasteiger partial charge on any atom is 0.277 e. The third kappa shape index (κ3) is 5.12. The molecule has 0 unspecified atom stereocenters. The van der Waals surface area contributed by atoms with E-state index in [1.165, 1.54) is 30.2 Å². The average Bonchev–Trinajstić information content (AvgIpc) is 2.93. The molecule has 1 fully saturated rings. The van der Waals surface area contributed by atoms with Crippen LogP contribution in [0.1, 0.15) is 58.9 Å². The standard InChI is InChI=1S/C21H29N3O2S/c1-15(19(25)24-13-7-5-6-8-14-24)27-20-23-22-18(26-20)16-9-11-17(12-10-16)21(2,3)4/h9-12,15H,5-8,13-14H2,1-4H3/t15-/m0/s1. The minimum Gasteiger partial charge on any atom is -0.411 e. The summed E-state index contributed by atoms with van der Waals surface area (Å²) in [5.74, 6) is 0.656. The SMILES string of the molecule is C[C@H](Sc1nnc(-c2ccc(C(C)(C)C)cc2)o1)C(=O)N1CCCCCC1. The fourth-order valence-electron chi connectivity index (χ4n) is 3.24. The van der Waals surface area contributed by atoms with Crippen molar-refractivity contribution in [3.05, 3.63) is 29.8 Å². The smallest absolute Gasteiger partial charge is 0.277 e. The van der Waals surface area contributed by atoms with Crippen LogP contribution in [0, 0.1) is 0 Å². The number of amides is 1. The highest BCUT2D eigenvalue weighted by atomic mass is 32.2. The zero-order chi connectivity index (χ0) is 19.4. The van der Waals surface area contributed by atoms with Gasteiger partial charge in [0.05, 0.1) is 5.25 Å². The van der Waals surface area contributed by atoms with Crippen LogP contribution in [-0.4, -0.2) is 39.3 Å². The Morgan fingerprint density at radius 2 is 1.70 bits per heavy atom. The highest BCUT2D eigenvalue weighted by Crippen LogP contribution is 2.29. The Balaban J connectivity index is 1.64. The number of thioether (sulfide) groups is 1. The van der Waals surface area contributed by atoms with Gasteiger partial charge < -0.3 is 9.32 Å². The van der Waals surface area contributed by atoms with Crippen LogP contribution in [0.2, 0.25) is 0 Å². The molecule has 0 bridgehead atoms. The van der Waals surface area contributed by atoms with Gasteiger partial charge in [0.1, 0.15) is 0 Å². The van der Waals surface area contributed by atoms with Crippen molar-refractivity contribution in [2.45, 2.75) is 69.3 Å². The van der Waals surface area contributed by atoms with E-state index in [0.717, 1.165) is 31.5 Å². The normalized spacial score (nSPS) is 16.8. The van der Waals surface area contributed by atoms with Crippen molar-refractivity contribution in [2.75, 3.05) is 13.1 Å². The molecule has 6 heteroatoms. The number of hydrogen-bond acceptors (Lipinski definition) is 5. The summed E-state index contributed by atoms with van der Waals surface area (Å²) < 4.78 is 5.80. The van der Waals surface area contributed by atoms with E-state index < -0.39 is 0 Å². The van der Waals surface area contributed by atoms with Crippen LogP contribution >= 0.6 is 11.8 Å². The van der Waals surface area contributed by atoms with Crippen molar-refractivity contribution >= 4 is 17.7 Å². The van der Waals surface area contributed by atoms with E-state index in [9.17, 15) is 4.79 Å². The molecule has 27 heavy (non-hydrogen) atoms. The molecule has 2 heterocycles. The predicted molar refractivity (Wildman–Crippen MR) is 109 cm³/mol. The number of carbonyl (C=O) groups excluding carboxylic acids is 1. The van der Waals surface area contributed by atoms with Crippen LogP contribution < -0.4 is 0 Å². The molecule has 0 spiro atoms. The van der Waals surface area contributed by atoms with Crippen LogP contribution in [0.4, 0.5) is 0 Å². The molecule has 1 atom stereocenters. The van der Waals surface area contributed by atoms with Crippen LogP contribution in [0.15, 0.2) is 33.9 Å². The molecule has 1 aliphatic rings. The van der Waals surface area contributed by atoms with Gasteiger partial charge in [0.2, 0.25) is 11.8 Å². The lowest BCUT2D eigenvalue weighted by atomic mass is 9.87. The highest BCUT2D eigenvalue weighted by molar-refractivity contribution is 8.00. The summed E-state index contributed by atoms with van der Waals surface area (Å²) in [6, 6.07) is 8.21. The average molecular weight is 388 g/mol. The fourth-order valence-corrected chi connectivity index (χ4v) is 4.00. The first-order chi connectivity index (χ1) is 12.8. The van der Waals surface area contributed by atoms with Gasteiger partial charge in [0.25, 0.3) is 5.22 Å². The van der Waals surface area contributed by atoms with E-state index in [2.05, 4.69) is 43.1 Å². The minimum absolute atomic E-state index is 0.109. The minimum atomic E-state index is -0.223. The fraction of sp³-hybridized carbons (Fsp3) is 0.571. The highest BCUT2D eigenvalue weighted by Gasteiger charge is 2.24. The van der Waals surface area contributed by atoms with Crippen LogP contribution in [0.3, 0.4) is 0 Å². The van der Waals surface area contributed by atoms with Gasteiger partial charge in [-0.1, -0.05) is 57.5 Å². The number of rotatable bonds is 4. The van der Waals surface area contributed by atoms with Gasteiger partial charge in [-0.15, -0.1) is 10.2 Å². The second-order valence-corrected chi connectivity index (χ2v) is 9.49. The lowest BCUT2D eigenvalue weighted by molar-refractivity contribution is -0.130. The van der Waals surface area contributed by atoms with Crippen LogP contribution in [0.25, 0.3) is 11.5 Å². The van der Waals surface area contributed by atoms with Gasteiger partial charge in [-0.25, -0.2) is 0 Å². The van der Waals surface area contributed by atoms with Gasteiger partial charge >= 0.3 is 0 Å². The number of aromatic nitrogens is 2. The summed E-state index contributed by atoms with van der Waals surface area (Å²) >= 11 is 1.34. The first-order valence-electron chi connectivity index (χ1n) is 9.74. The molecule has 5 nitrogen and oxygen atoms in total. The first kappa shape index (κ1) is 19.9. The lowest BCUT2D eigenvalue weighted by Gasteiger charge is -2.23. The third-order valence-electron chi connectivity index (χ3n) is 4.95. The Hall–Kier alpha value is -1.82. The third-order valence-corrected chi connectivity index (χ3v) is 5.87. The number of carbonyl (C=O) groups is 1.